The number of carbonyl (C=O) groups is 6. The van der Waals surface area contributed by atoms with Gasteiger partial charge in [0, 0.05) is 61.9 Å². The summed E-state index contributed by atoms with van der Waals surface area (Å²) in [6.07, 6.45) is 3.29. The molecule has 0 aliphatic rings. The van der Waals surface area contributed by atoms with Crippen molar-refractivity contribution in [1.82, 2.24) is 19.9 Å². The van der Waals surface area contributed by atoms with Gasteiger partial charge in [0.25, 0.3) is 11.1 Å². The van der Waals surface area contributed by atoms with E-state index in [0.29, 0.717) is 44.7 Å². The Hall–Kier alpha value is -10.8. The molecule has 28 nitrogen and oxygen atoms in total. The van der Waals surface area contributed by atoms with Crippen molar-refractivity contribution in [3.63, 3.8) is 0 Å². The van der Waals surface area contributed by atoms with Crippen molar-refractivity contribution in [3.8, 4) is 11.5 Å². The summed E-state index contributed by atoms with van der Waals surface area (Å²) in [5.74, 6) is -2.20. The van der Waals surface area contributed by atoms with E-state index in [9.17, 15) is 72.7 Å². The number of hydrogen-bond donors (Lipinski definition) is 8. The van der Waals surface area contributed by atoms with Crippen LogP contribution in [0.25, 0.3) is 22.2 Å². The first kappa shape index (κ1) is 99.1. The number of aromatic nitrogens is 4. The van der Waals surface area contributed by atoms with Crippen LogP contribution in [0.5, 0.6) is 11.5 Å². The maximum absolute atomic E-state index is 12.9. The third-order valence-corrected chi connectivity index (χ3v) is 27.9. The van der Waals surface area contributed by atoms with Crippen LogP contribution in [0.4, 0.5) is 34.1 Å². The number of phenols is 2. The number of anilines is 6. The van der Waals surface area contributed by atoms with Crippen molar-refractivity contribution in [3.05, 3.63) is 261 Å². The van der Waals surface area contributed by atoms with Gasteiger partial charge in [-0.15, -0.1) is 12.4 Å². The second-order valence-corrected chi connectivity index (χ2v) is 36.6. The van der Waals surface area contributed by atoms with Crippen LogP contribution < -0.4 is 32.7 Å². The second-order valence-electron chi connectivity index (χ2n) is 25.7. The molecule has 4 heterocycles. The number of nitrogens with one attached hydrogen (secondary N) is 4. The number of nitrogen functional groups attached to an aromatic ring is 2. The van der Waals surface area contributed by atoms with Crippen LogP contribution in [0.3, 0.4) is 0 Å². The molecule has 640 valence electrons. The molecule has 12 rings (SSSR count). The lowest BCUT2D eigenvalue weighted by atomic mass is 10.2. The van der Waals surface area contributed by atoms with Gasteiger partial charge < -0.3 is 51.8 Å². The van der Waals surface area contributed by atoms with E-state index in [4.69, 9.17) is 89.9 Å². The molecular formula is C82H81Cl7N10O18S4. The zero-order valence-electron chi connectivity index (χ0n) is 65.4. The number of nitrogens with two attached hydrogens (primary N) is 2. The Balaban J connectivity index is 0.000000234. The van der Waals surface area contributed by atoms with E-state index in [1.807, 2.05) is 6.92 Å². The summed E-state index contributed by atoms with van der Waals surface area (Å²) in [4.78, 5) is 88.3. The van der Waals surface area contributed by atoms with Gasteiger partial charge in [0.2, 0.25) is 23.0 Å². The first-order valence-corrected chi connectivity index (χ1v) is 44.4. The molecule has 0 fully saturated rings. The van der Waals surface area contributed by atoms with Crippen molar-refractivity contribution in [2.45, 2.75) is 122 Å². The third kappa shape index (κ3) is 26.6. The Kier molecular flexibility index (Phi) is 36.6. The average molecular weight is 1870 g/mol. The number of nitrogens with zero attached hydrogens (tertiary/aromatic N) is 4. The molecule has 10 N–H and O–H groups in total. The smallest absolute Gasteiger partial charge is 0.257 e. The predicted molar refractivity (Wildman–Crippen MR) is 473 cm³/mol. The van der Waals surface area contributed by atoms with Gasteiger partial charge in [0.15, 0.2) is 62.3 Å². The number of halogens is 7. The topological polar surface area (TPSA) is 457 Å². The summed E-state index contributed by atoms with van der Waals surface area (Å²) in [6.45, 7) is 13.6. The Labute approximate surface area is 734 Å². The number of carbonyl (C=O) groups excluding carboxylic acids is 6. The summed E-state index contributed by atoms with van der Waals surface area (Å²) in [6, 6.07) is 49.2. The van der Waals surface area contributed by atoms with E-state index in [1.54, 1.807) is 164 Å². The van der Waals surface area contributed by atoms with Gasteiger partial charge in [-0.05, 0) is 160 Å². The maximum atomic E-state index is 12.9. The first-order valence-electron chi connectivity index (χ1n) is 35.9. The number of oxazole rings is 2. The van der Waals surface area contributed by atoms with E-state index in [1.165, 1.54) is 85.2 Å². The zero-order chi connectivity index (χ0) is 88.7. The largest absolute Gasteiger partial charge is 0.506 e. The Bertz CT molecular complexity index is 6120. The van der Waals surface area contributed by atoms with Gasteiger partial charge in [0.1, 0.15) is 43.5 Å². The number of fused-ring (bicyclic) bond motifs is 2. The van der Waals surface area contributed by atoms with Gasteiger partial charge in [-0.2, -0.15) is 0 Å². The standard InChI is InChI=1S/C23H22ClN3O5S.C18H17ClN2O4S.C16H17ClN2O4S.C10H11ClO3S.C8H7ClN2O.C7H6ClNO.ClH/c1-3-21(33(31,32)16-7-5-4-6-8-16)23(30)26-18-12-20(28)19(11-17(18)24)27-22(29)15-10-9-14(2)25-13-15;1-3-17(26(23,24)12-7-5-4-6-8-12)18(22)21-14-10-16-15(9-13(14)19)20-11(2)25-16;1-2-15(24(22,23)10-6-4-3-5-7-10)16(21)19-13-9-14(20)12(18)8-11(13)17;1-2-9(10(11)12)15(13,14)8-6-4-3-5-7-8;1-4-11-7-2-5(9)6(10)3-8(7)12-4;1-5-2-3-6(4-9-5)7(8)10;/h4-13,21,28H,3H2,1-2H3,(H,26,30)(H,27,29);4-10,17H,3H2,1-2H3,(H,21,22);3-9,15,20H,2,18H2,1H3,(H,19,21);3-7,9H,2H2,1H3;2-3H,10H2,1H3;2-4H,1H3;1H. The molecule has 4 unspecified atom stereocenters. The zero-order valence-corrected chi connectivity index (χ0v) is 74.1. The lowest BCUT2D eigenvalue weighted by molar-refractivity contribution is -0.116. The molecule has 121 heavy (non-hydrogen) atoms. The Morgan fingerprint density at radius 1 is 0.397 bits per heavy atom. The first-order chi connectivity index (χ1) is 56.6. The van der Waals surface area contributed by atoms with Crippen molar-refractivity contribution in [1.29, 1.82) is 0 Å². The van der Waals surface area contributed by atoms with Crippen LogP contribution >= 0.6 is 82.0 Å². The Morgan fingerprint density at radius 3 is 1.08 bits per heavy atom. The highest BCUT2D eigenvalue weighted by atomic mass is 35.5. The third-order valence-electron chi connectivity index (χ3n) is 17.1. The molecule has 4 amide bonds. The molecule has 0 aliphatic heterocycles. The van der Waals surface area contributed by atoms with E-state index < -0.39 is 94.5 Å². The number of hydrogen-bond acceptors (Lipinski definition) is 24. The number of sulfone groups is 4. The summed E-state index contributed by atoms with van der Waals surface area (Å²) >= 11 is 34.6. The van der Waals surface area contributed by atoms with Crippen LogP contribution in [0.2, 0.25) is 20.1 Å². The molecule has 0 radical (unpaired) electrons. The minimum absolute atomic E-state index is 0. The minimum Gasteiger partial charge on any atom is -0.506 e. The molecule has 0 saturated carbocycles. The highest BCUT2D eigenvalue weighted by Gasteiger charge is 2.37. The molecule has 8 aromatic carbocycles. The van der Waals surface area contributed by atoms with Crippen molar-refractivity contribution in [2.24, 2.45) is 0 Å². The quantitative estimate of drug-likeness (QED) is 0.0177. The fourth-order valence-electron chi connectivity index (χ4n) is 10.9. The van der Waals surface area contributed by atoms with E-state index in [2.05, 4.69) is 41.2 Å². The molecule has 4 aromatic heterocycles. The van der Waals surface area contributed by atoms with E-state index in [-0.39, 0.29) is 118 Å². The number of rotatable bonds is 22. The SMILES string of the molecule is CCC(C(=O)Cl)S(=O)(=O)c1ccccc1.CCC(C(=O)Nc1cc(O)c(N)cc1Cl)S(=O)(=O)c1ccccc1.CCC(C(=O)Nc1cc(O)c(NC(=O)c2ccc(C)nc2)cc1Cl)S(=O)(=O)c1ccccc1.CCC(C(=O)Nc1cc2oc(C)nc2cc1Cl)S(=O)(=O)c1ccccc1.Cc1ccc(C(=O)Cl)cn1.Cc1nc2cc(Cl)c(N)cc2o1.Cl. The molecule has 39 heteroatoms. The molecule has 0 bridgehead atoms. The van der Waals surface area contributed by atoms with Crippen molar-refractivity contribution in [2.75, 3.05) is 32.7 Å². The number of aromatic hydroxyl groups is 2. The van der Waals surface area contributed by atoms with E-state index in [0.717, 1.165) is 23.0 Å². The van der Waals surface area contributed by atoms with Crippen LogP contribution in [-0.4, -0.2) is 119 Å². The fraction of sp³-hybridized carbons (Fsp3) is 0.195. The number of pyridine rings is 2. The monoisotopic (exact) mass is 1870 g/mol. The Morgan fingerprint density at radius 2 is 0.727 bits per heavy atom. The number of aryl methyl sites for hydroxylation is 4. The van der Waals surface area contributed by atoms with Crippen molar-refractivity contribution >= 4 is 212 Å². The summed E-state index contributed by atoms with van der Waals surface area (Å²) < 4.78 is 111. The van der Waals surface area contributed by atoms with Gasteiger partial charge in [-0.3, -0.25) is 38.7 Å². The second kappa shape index (κ2) is 44.7. The van der Waals surface area contributed by atoms with Crippen molar-refractivity contribution < 1.29 is 81.5 Å². The van der Waals surface area contributed by atoms with Crippen LogP contribution in [0, 0.1) is 27.7 Å². The van der Waals surface area contributed by atoms with Gasteiger partial charge in [-0.1, -0.05) is 147 Å². The number of benzene rings is 8. The average Bonchev–Trinajstić information content (AvgIpc) is 1.22. The van der Waals surface area contributed by atoms with Gasteiger partial charge in [-0.25, -0.2) is 43.6 Å². The number of phenolic OH excluding ortho intramolecular Hbond substituents is 2. The fourth-order valence-corrected chi connectivity index (χ4v) is 18.8. The minimum atomic E-state index is -3.93. The summed E-state index contributed by atoms with van der Waals surface area (Å²) in [7, 11) is -15.2. The lowest BCUT2D eigenvalue weighted by Crippen LogP contribution is -2.34. The predicted octanol–water partition coefficient (Wildman–Crippen LogP) is 17.6. The normalized spacial score (nSPS) is 12.1. The molecule has 12 aromatic rings. The highest BCUT2D eigenvalue weighted by molar-refractivity contribution is 7.93. The van der Waals surface area contributed by atoms with Crippen LogP contribution in [-0.2, 0) is 58.5 Å². The maximum Gasteiger partial charge on any atom is 0.257 e. The molecule has 4 atom stereocenters. The molecule has 0 spiro atoms. The molecule has 0 aliphatic carbocycles. The summed E-state index contributed by atoms with van der Waals surface area (Å²) in [5, 5.41) is 24.5. The summed E-state index contributed by atoms with van der Waals surface area (Å²) in [5.41, 5.74) is 16.8. The number of amides is 4. The molecule has 0 saturated heterocycles. The highest BCUT2D eigenvalue weighted by Crippen LogP contribution is 2.37. The molecular weight excluding hydrogens is 1790 g/mol. The van der Waals surface area contributed by atoms with Crippen LogP contribution in [0.1, 0.15) is 97.3 Å². The van der Waals surface area contributed by atoms with Gasteiger partial charge in [0.05, 0.1) is 84.9 Å². The van der Waals surface area contributed by atoms with Crippen LogP contribution in [0.15, 0.2) is 235 Å². The van der Waals surface area contributed by atoms with Gasteiger partial charge >= 0.3 is 0 Å². The van der Waals surface area contributed by atoms with E-state index >= 15 is 0 Å². The lowest BCUT2D eigenvalue weighted by Gasteiger charge is -2.17.